The summed E-state index contributed by atoms with van der Waals surface area (Å²) < 4.78 is 0. The molecule has 2 aromatic carbocycles. The van der Waals surface area contributed by atoms with E-state index < -0.39 is 0 Å². The van der Waals surface area contributed by atoms with Gasteiger partial charge in [0.1, 0.15) is 0 Å². The molecule has 0 aliphatic carbocycles. The maximum atomic E-state index is 5.86. The van der Waals surface area contributed by atoms with E-state index in [0.717, 1.165) is 10.6 Å². The van der Waals surface area contributed by atoms with E-state index in [1.54, 1.807) is 23.5 Å². The Balaban J connectivity index is 2.22. The first kappa shape index (κ1) is 11.4. The monoisotopic (exact) mass is 247 g/mol. The molecule has 0 amide bonds. The van der Waals surface area contributed by atoms with Gasteiger partial charge in [0.2, 0.25) is 0 Å². The molecule has 0 saturated carbocycles. The maximum absolute atomic E-state index is 5.86. The van der Waals surface area contributed by atoms with Gasteiger partial charge in [-0.3, -0.25) is 0 Å². The van der Waals surface area contributed by atoms with Crippen molar-refractivity contribution in [1.29, 1.82) is 0 Å². The topological polar surface area (TPSA) is 26.0 Å². The van der Waals surface area contributed by atoms with Gasteiger partial charge in [0.15, 0.2) is 0 Å². The third kappa shape index (κ3) is 2.74. The van der Waals surface area contributed by atoms with Crippen molar-refractivity contribution in [2.45, 2.75) is 14.7 Å². The number of nitrogens with two attached hydrogens (primary N) is 1. The van der Waals surface area contributed by atoms with E-state index >= 15 is 0 Å². The average Bonchev–Trinajstić information content (AvgIpc) is 2.33. The Hall–Kier alpha value is -1.06. The lowest BCUT2D eigenvalue weighted by molar-refractivity contribution is 1.33. The molecule has 0 bridgehead atoms. The summed E-state index contributed by atoms with van der Waals surface area (Å²) in [6.07, 6.45) is 2.04. The molecule has 0 aromatic heterocycles. The summed E-state index contributed by atoms with van der Waals surface area (Å²) in [5.41, 5.74) is 6.72. The fourth-order valence-corrected chi connectivity index (χ4v) is 2.88. The van der Waals surface area contributed by atoms with Gasteiger partial charge < -0.3 is 5.73 Å². The smallest absolute Gasteiger partial charge is 0.0452 e. The van der Waals surface area contributed by atoms with Crippen LogP contribution in [-0.4, -0.2) is 6.26 Å². The van der Waals surface area contributed by atoms with Crippen molar-refractivity contribution >= 4 is 29.2 Å². The fourth-order valence-electron chi connectivity index (χ4n) is 1.38. The highest BCUT2D eigenvalue weighted by Crippen LogP contribution is 2.32. The van der Waals surface area contributed by atoms with Crippen molar-refractivity contribution < 1.29 is 0 Å². The maximum Gasteiger partial charge on any atom is 0.0452 e. The van der Waals surface area contributed by atoms with E-state index in [-0.39, 0.29) is 0 Å². The van der Waals surface area contributed by atoms with E-state index in [2.05, 4.69) is 36.4 Å². The summed E-state index contributed by atoms with van der Waals surface area (Å²) in [6.45, 7) is 0. The summed E-state index contributed by atoms with van der Waals surface area (Å²) in [7, 11) is 0. The second kappa shape index (κ2) is 5.32. The highest BCUT2D eigenvalue weighted by Gasteiger charge is 2.01. The van der Waals surface area contributed by atoms with Crippen LogP contribution in [0.3, 0.4) is 0 Å². The molecule has 82 valence electrons. The van der Waals surface area contributed by atoms with Gasteiger partial charge in [-0.2, -0.15) is 0 Å². The van der Waals surface area contributed by atoms with E-state index in [1.807, 2.05) is 18.4 Å². The number of rotatable bonds is 3. The van der Waals surface area contributed by atoms with Gasteiger partial charge in [-0.05, 0) is 36.6 Å². The largest absolute Gasteiger partial charge is 0.398 e. The molecule has 1 nitrogen and oxygen atoms in total. The molecule has 0 aliphatic rings. The Kier molecular flexibility index (Phi) is 3.80. The quantitative estimate of drug-likeness (QED) is 0.652. The first-order chi connectivity index (χ1) is 7.79. The van der Waals surface area contributed by atoms with E-state index in [9.17, 15) is 0 Å². The molecule has 2 N–H and O–H groups in total. The first-order valence-corrected chi connectivity index (χ1v) is 7.00. The molecule has 2 aromatic rings. The van der Waals surface area contributed by atoms with E-state index in [4.69, 9.17) is 5.73 Å². The van der Waals surface area contributed by atoms with Crippen LogP contribution in [0.2, 0.25) is 0 Å². The highest BCUT2D eigenvalue weighted by molar-refractivity contribution is 8.00. The standard InChI is InChI=1S/C13H13NS2/c1-15-13-9-11(7-8-12(13)14)16-10-5-3-2-4-6-10/h2-9H,14H2,1H3. The van der Waals surface area contributed by atoms with Crippen LogP contribution in [0.4, 0.5) is 5.69 Å². The minimum Gasteiger partial charge on any atom is -0.398 e. The number of hydrogen-bond acceptors (Lipinski definition) is 3. The molecule has 3 heteroatoms. The van der Waals surface area contributed by atoms with Gasteiger partial charge in [-0.1, -0.05) is 30.0 Å². The number of hydrogen-bond donors (Lipinski definition) is 1. The second-order valence-electron chi connectivity index (χ2n) is 3.32. The Morgan fingerprint density at radius 3 is 2.38 bits per heavy atom. The molecule has 16 heavy (non-hydrogen) atoms. The van der Waals surface area contributed by atoms with Gasteiger partial charge in [0.05, 0.1) is 0 Å². The van der Waals surface area contributed by atoms with Crippen LogP contribution < -0.4 is 5.73 Å². The van der Waals surface area contributed by atoms with Crippen molar-refractivity contribution in [3.63, 3.8) is 0 Å². The summed E-state index contributed by atoms with van der Waals surface area (Å²) in [5.74, 6) is 0. The van der Waals surface area contributed by atoms with Gasteiger partial charge in [0, 0.05) is 20.4 Å². The second-order valence-corrected chi connectivity index (χ2v) is 5.31. The summed E-state index contributed by atoms with van der Waals surface area (Å²) in [4.78, 5) is 3.62. The van der Waals surface area contributed by atoms with Crippen LogP contribution >= 0.6 is 23.5 Å². The third-order valence-corrected chi connectivity index (χ3v) is 3.97. The van der Waals surface area contributed by atoms with Crippen LogP contribution in [0.1, 0.15) is 0 Å². The van der Waals surface area contributed by atoms with Gasteiger partial charge >= 0.3 is 0 Å². The Labute approximate surface area is 104 Å². The predicted molar refractivity (Wildman–Crippen MR) is 73.2 cm³/mol. The average molecular weight is 247 g/mol. The van der Waals surface area contributed by atoms with Crippen LogP contribution in [0.25, 0.3) is 0 Å². The van der Waals surface area contributed by atoms with Crippen LogP contribution in [-0.2, 0) is 0 Å². The minimum atomic E-state index is 0.852. The fraction of sp³-hybridized carbons (Fsp3) is 0.0769. The predicted octanol–water partition coefficient (Wildman–Crippen LogP) is 4.14. The number of thioether (sulfide) groups is 1. The molecule has 2 rings (SSSR count). The zero-order valence-corrected chi connectivity index (χ0v) is 10.6. The zero-order chi connectivity index (χ0) is 11.4. The molecule has 0 spiro atoms. The molecule has 0 saturated heterocycles. The minimum absolute atomic E-state index is 0.852. The van der Waals surface area contributed by atoms with Crippen molar-refractivity contribution in [3.8, 4) is 0 Å². The molecular weight excluding hydrogens is 234 g/mol. The van der Waals surface area contributed by atoms with Gasteiger partial charge in [0.25, 0.3) is 0 Å². The van der Waals surface area contributed by atoms with E-state index in [1.165, 1.54) is 9.79 Å². The summed E-state index contributed by atoms with van der Waals surface area (Å²) in [5, 5.41) is 0. The number of anilines is 1. The molecule has 0 aliphatic heterocycles. The third-order valence-electron chi connectivity index (χ3n) is 2.18. The van der Waals surface area contributed by atoms with Gasteiger partial charge in [-0.25, -0.2) is 0 Å². The molecule has 0 radical (unpaired) electrons. The highest BCUT2D eigenvalue weighted by atomic mass is 32.2. The van der Waals surface area contributed by atoms with Crippen LogP contribution in [0.5, 0.6) is 0 Å². The lowest BCUT2D eigenvalue weighted by Crippen LogP contribution is -1.87. The SMILES string of the molecule is CSc1cc(Sc2ccccc2)ccc1N. The molecule has 0 unspecified atom stereocenters. The van der Waals surface area contributed by atoms with E-state index in [0.29, 0.717) is 0 Å². The van der Waals surface area contributed by atoms with Gasteiger partial charge in [-0.15, -0.1) is 11.8 Å². The molecule has 0 atom stereocenters. The zero-order valence-electron chi connectivity index (χ0n) is 9.01. The Morgan fingerprint density at radius 1 is 0.938 bits per heavy atom. The normalized spacial score (nSPS) is 10.3. The van der Waals surface area contributed by atoms with Crippen molar-refractivity contribution in [3.05, 3.63) is 48.5 Å². The Morgan fingerprint density at radius 2 is 1.69 bits per heavy atom. The molecule has 0 heterocycles. The van der Waals surface area contributed by atoms with Crippen molar-refractivity contribution in [2.24, 2.45) is 0 Å². The molecule has 0 fully saturated rings. The summed E-state index contributed by atoms with van der Waals surface area (Å²) >= 11 is 3.44. The first-order valence-electron chi connectivity index (χ1n) is 4.96. The lowest BCUT2D eigenvalue weighted by Gasteiger charge is -2.06. The number of benzene rings is 2. The van der Waals surface area contributed by atoms with Crippen molar-refractivity contribution in [1.82, 2.24) is 0 Å². The summed E-state index contributed by atoms with van der Waals surface area (Å²) in [6, 6.07) is 16.5. The number of nitrogen functional groups attached to an aromatic ring is 1. The Bertz CT molecular complexity index is 469. The lowest BCUT2D eigenvalue weighted by atomic mass is 10.3. The van der Waals surface area contributed by atoms with Crippen molar-refractivity contribution in [2.75, 3.05) is 12.0 Å². The van der Waals surface area contributed by atoms with Crippen LogP contribution in [0.15, 0.2) is 63.2 Å². The molecular formula is C13H13NS2. The van der Waals surface area contributed by atoms with Crippen LogP contribution in [0, 0.1) is 0 Å².